The summed E-state index contributed by atoms with van der Waals surface area (Å²) in [4.78, 5) is 14.9. The van der Waals surface area contributed by atoms with Crippen LogP contribution in [0.2, 0.25) is 0 Å². The van der Waals surface area contributed by atoms with Crippen LogP contribution in [0.4, 0.5) is 5.69 Å². The highest BCUT2D eigenvalue weighted by molar-refractivity contribution is 7.92. The number of ether oxygens (including phenoxy) is 3. The number of hydrogen-bond donors (Lipinski definition) is 0. The highest BCUT2D eigenvalue weighted by Gasteiger charge is 2.33. The van der Waals surface area contributed by atoms with Gasteiger partial charge < -0.3 is 19.1 Å². The Hall–Kier alpha value is -2.62. The lowest BCUT2D eigenvalue weighted by Crippen LogP contribution is -2.43. The molecule has 4 rings (SSSR count). The fourth-order valence-electron chi connectivity index (χ4n) is 4.19. The molecular formula is C23H28N2O6S. The van der Waals surface area contributed by atoms with Crippen LogP contribution < -0.4 is 9.04 Å². The van der Waals surface area contributed by atoms with E-state index in [-0.39, 0.29) is 23.0 Å². The summed E-state index contributed by atoms with van der Waals surface area (Å²) in [5.41, 5.74) is 0.892. The molecule has 1 unspecified atom stereocenters. The maximum Gasteiger partial charge on any atom is 0.264 e. The van der Waals surface area contributed by atoms with Crippen molar-refractivity contribution in [3.63, 3.8) is 0 Å². The van der Waals surface area contributed by atoms with Crippen molar-refractivity contribution in [2.75, 3.05) is 44.8 Å². The summed E-state index contributed by atoms with van der Waals surface area (Å²) >= 11 is 0. The maximum absolute atomic E-state index is 13.1. The van der Waals surface area contributed by atoms with Crippen molar-refractivity contribution in [3.8, 4) is 5.75 Å². The van der Waals surface area contributed by atoms with Crippen molar-refractivity contribution in [2.24, 2.45) is 5.92 Å². The van der Waals surface area contributed by atoms with Crippen molar-refractivity contribution in [1.29, 1.82) is 0 Å². The summed E-state index contributed by atoms with van der Waals surface area (Å²) in [6, 6.07) is 13.0. The fourth-order valence-corrected chi connectivity index (χ4v) is 5.40. The van der Waals surface area contributed by atoms with E-state index in [1.54, 1.807) is 41.3 Å². The molecule has 9 heteroatoms. The highest BCUT2D eigenvalue weighted by atomic mass is 32.2. The van der Waals surface area contributed by atoms with Crippen LogP contribution >= 0.6 is 0 Å². The van der Waals surface area contributed by atoms with Gasteiger partial charge in [-0.3, -0.25) is 9.10 Å². The minimum atomic E-state index is -3.82. The number of hydrogen-bond acceptors (Lipinski definition) is 6. The summed E-state index contributed by atoms with van der Waals surface area (Å²) in [6.45, 7) is 2.42. The second kappa shape index (κ2) is 9.48. The average Bonchev–Trinajstić information content (AvgIpc) is 3.38. The third-order valence-electron chi connectivity index (χ3n) is 5.96. The molecule has 0 radical (unpaired) electrons. The zero-order valence-corrected chi connectivity index (χ0v) is 19.1. The predicted molar refractivity (Wildman–Crippen MR) is 119 cm³/mol. The molecule has 1 atom stereocenters. The molecule has 0 saturated carbocycles. The molecule has 0 N–H and O–H groups in total. The van der Waals surface area contributed by atoms with Crippen molar-refractivity contribution in [1.82, 2.24) is 4.90 Å². The number of nitrogens with zero attached hydrogens (tertiary/aromatic N) is 2. The van der Waals surface area contributed by atoms with Crippen LogP contribution in [0.1, 0.15) is 23.2 Å². The van der Waals surface area contributed by atoms with Gasteiger partial charge in [0, 0.05) is 31.6 Å². The number of sulfonamides is 1. The molecule has 172 valence electrons. The summed E-state index contributed by atoms with van der Waals surface area (Å²) in [6.07, 6.45) is 1.60. The SMILES string of the molecule is COc1ccccc1N(C)S(=O)(=O)c1ccc(C(=O)N2CCCC(C3OCCO3)C2)cc1. The zero-order valence-electron chi connectivity index (χ0n) is 18.3. The normalized spacial score (nSPS) is 19.7. The Bertz CT molecular complexity index is 1050. The molecule has 2 aliphatic rings. The largest absolute Gasteiger partial charge is 0.495 e. The van der Waals surface area contributed by atoms with Gasteiger partial charge in [0.25, 0.3) is 15.9 Å². The van der Waals surface area contributed by atoms with Crippen LogP contribution in [-0.2, 0) is 19.5 Å². The standard InChI is InChI=1S/C23H28N2O6S/c1-24(20-7-3-4-8-21(20)29-2)32(27,28)19-11-9-17(10-12-19)22(26)25-13-5-6-18(16-25)23-30-14-15-31-23/h3-4,7-12,18,23H,5-6,13-16H2,1-2H3. The number of anilines is 1. The predicted octanol–water partition coefficient (Wildman–Crippen LogP) is 2.75. The van der Waals surface area contributed by atoms with Gasteiger partial charge in [0.2, 0.25) is 0 Å². The van der Waals surface area contributed by atoms with Crippen LogP contribution in [0, 0.1) is 5.92 Å². The van der Waals surface area contributed by atoms with Gasteiger partial charge in [0.15, 0.2) is 6.29 Å². The van der Waals surface area contributed by atoms with Gasteiger partial charge in [-0.15, -0.1) is 0 Å². The molecule has 1 amide bonds. The molecule has 2 aliphatic heterocycles. The highest BCUT2D eigenvalue weighted by Crippen LogP contribution is 2.31. The van der Waals surface area contributed by atoms with Gasteiger partial charge in [0.1, 0.15) is 5.75 Å². The maximum atomic E-state index is 13.1. The van der Waals surface area contributed by atoms with E-state index in [4.69, 9.17) is 14.2 Å². The van der Waals surface area contributed by atoms with E-state index in [0.29, 0.717) is 43.3 Å². The van der Waals surface area contributed by atoms with Gasteiger partial charge in [-0.05, 0) is 49.2 Å². The van der Waals surface area contributed by atoms with Crippen molar-refractivity contribution < 1.29 is 27.4 Å². The molecule has 8 nitrogen and oxygen atoms in total. The van der Waals surface area contributed by atoms with E-state index in [9.17, 15) is 13.2 Å². The Kier molecular flexibility index (Phi) is 6.68. The Morgan fingerprint density at radius 2 is 1.78 bits per heavy atom. The number of rotatable bonds is 6. The van der Waals surface area contributed by atoms with Gasteiger partial charge in [-0.25, -0.2) is 8.42 Å². The van der Waals surface area contributed by atoms with E-state index in [1.165, 1.54) is 30.6 Å². The number of amides is 1. The third-order valence-corrected chi connectivity index (χ3v) is 7.75. The minimum Gasteiger partial charge on any atom is -0.495 e. The van der Waals surface area contributed by atoms with Crippen LogP contribution in [0.25, 0.3) is 0 Å². The first-order chi connectivity index (χ1) is 15.4. The van der Waals surface area contributed by atoms with Gasteiger partial charge in [0.05, 0.1) is 30.9 Å². The van der Waals surface area contributed by atoms with Crippen LogP contribution in [0.15, 0.2) is 53.4 Å². The number of benzene rings is 2. The summed E-state index contributed by atoms with van der Waals surface area (Å²) < 4.78 is 43.9. The topological polar surface area (TPSA) is 85.4 Å². The van der Waals surface area contributed by atoms with E-state index >= 15 is 0 Å². The molecule has 2 aromatic rings. The molecule has 0 bridgehead atoms. The minimum absolute atomic E-state index is 0.103. The Morgan fingerprint density at radius 1 is 1.09 bits per heavy atom. The molecule has 32 heavy (non-hydrogen) atoms. The first kappa shape index (κ1) is 22.6. The van der Waals surface area contributed by atoms with Crippen molar-refractivity contribution >= 4 is 21.6 Å². The number of piperidine rings is 1. The number of carbonyl (C=O) groups is 1. The quantitative estimate of drug-likeness (QED) is 0.659. The third kappa shape index (κ3) is 4.46. The number of methoxy groups -OCH3 is 1. The molecule has 0 spiro atoms. The van der Waals surface area contributed by atoms with Gasteiger partial charge in [-0.1, -0.05) is 12.1 Å². The Morgan fingerprint density at radius 3 is 2.47 bits per heavy atom. The first-order valence-corrected chi connectivity index (χ1v) is 12.1. The number of likely N-dealkylation sites (tertiary alicyclic amines) is 1. The first-order valence-electron chi connectivity index (χ1n) is 10.7. The molecular weight excluding hydrogens is 432 g/mol. The summed E-state index contributed by atoms with van der Waals surface area (Å²) in [5, 5.41) is 0. The molecule has 0 aromatic heterocycles. The number of para-hydroxylation sites is 2. The smallest absolute Gasteiger partial charge is 0.264 e. The molecule has 2 aromatic carbocycles. The van der Waals surface area contributed by atoms with Crippen LogP contribution in [0.5, 0.6) is 5.75 Å². The lowest BCUT2D eigenvalue weighted by atomic mass is 9.96. The van der Waals surface area contributed by atoms with E-state index < -0.39 is 10.0 Å². The van der Waals surface area contributed by atoms with Crippen LogP contribution in [0.3, 0.4) is 0 Å². The van der Waals surface area contributed by atoms with Crippen LogP contribution in [-0.4, -0.2) is 66.0 Å². The van der Waals surface area contributed by atoms with E-state index in [1.807, 2.05) is 0 Å². The van der Waals surface area contributed by atoms with Crippen molar-refractivity contribution in [2.45, 2.75) is 24.0 Å². The monoisotopic (exact) mass is 460 g/mol. The second-order valence-corrected chi connectivity index (χ2v) is 9.90. The number of carbonyl (C=O) groups excluding carboxylic acids is 1. The lowest BCUT2D eigenvalue weighted by molar-refractivity contribution is -0.0969. The fraction of sp³-hybridized carbons (Fsp3) is 0.435. The average molecular weight is 461 g/mol. The van der Waals surface area contributed by atoms with Gasteiger partial charge >= 0.3 is 0 Å². The molecule has 0 aliphatic carbocycles. The van der Waals surface area contributed by atoms with E-state index in [2.05, 4.69) is 0 Å². The van der Waals surface area contributed by atoms with E-state index in [0.717, 1.165) is 12.8 Å². The zero-order chi connectivity index (χ0) is 22.7. The summed E-state index contributed by atoms with van der Waals surface area (Å²) in [7, 11) is -0.841. The lowest BCUT2D eigenvalue weighted by Gasteiger charge is -2.34. The molecule has 2 fully saturated rings. The second-order valence-electron chi connectivity index (χ2n) is 7.93. The Labute approximate surface area is 188 Å². The Balaban J connectivity index is 1.49. The molecule has 2 saturated heterocycles. The van der Waals surface area contributed by atoms with Crippen molar-refractivity contribution in [3.05, 3.63) is 54.1 Å². The summed E-state index contributed by atoms with van der Waals surface area (Å²) in [5.74, 6) is 0.499. The van der Waals surface area contributed by atoms with Gasteiger partial charge in [-0.2, -0.15) is 0 Å². The molecule has 2 heterocycles.